The summed E-state index contributed by atoms with van der Waals surface area (Å²) in [6, 6.07) is 16.9. The van der Waals surface area contributed by atoms with Gasteiger partial charge < -0.3 is 10.6 Å². The number of aromatic nitrogens is 2. The van der Waals surface area contributed by atoms with Crippen LogP contribution < -0.4 is 10.6 Å². The molecule has 0 aliphatic heterocycles. The first-order valence-corrected chi connectivity index (χ1v) is 14.6. The predicted octanol–water partition coefficient (Wildman–Crippen LogP) is 7.97. The zero-order valence-corrected chi connectivity index (χ0v) is 24.9. The van der Waals surface area contributed by atoms with Crippen molar-refractivity contribution >= 4 is 23.2 Å². The number of nitrogens with zero attached hydrogens (tertiary/aromatic N) is 2. The van der Waals surface area contributed by atoms with Crippen molar-refractivity contribution in [2.24, 2.45) is 0 Å². The van der Waals surface area contributed by atoms with E-state index < -0.39 is 0 Å². The molecular formula is C34H42N4S. The monoisotopic (exact) mass is 538 g/mol. The average Bonchev–Trinajstić information content (AvgIpc) is 3.29. The second kappa shape index (κ2) is 15.2. The Morgan fingerprint density at radius 1 is 1.03 bits per heavy atom. The fraction of sp³-hybridized carbons (Fsp3) is 0.265. The van der Waals surface area contributed by atoms with Crippen LogP contribution in [0.25, 0.3) is 11.4 Å². The second-order valence-electron chi connectivity index (χ2n) is 9.63. The van der Waals surface area contributed by atoms with Crippen molar-refractivity contribution in [2.45, 2.75) is 46.7 Å². The highest BCUT2D eigenvalue weighted by Gasteiger charge is 2.10. The molecule has 4 nitrogen and oxygen atoms in total. The van der Waals surface area contributed by atoms with Gasteiger partial charge in [0.05, 0.1) is 6.20 Å². The third-order valence-corrected chi connectivity index (χ3v) is 7.63. The maximum atomic E-state index is 4.57. The maximum Gasteiger partial charge on any atom is 0.128 e. The summed E-state index contributed by atoms with van der Waals surface area (Å²) in [6.45, 7) is 15.9. The van der Waals surface area contributed by atoms with Crippen molar-refractivity contribution in [2.75, 3.05) is 13.3 Å². The fourth-order valence-electron chi connectivity index (χ4n) is 4.33. The third-order valence-electron chi connectivity index (χ3n) is 6.80. The smallest absolute Gasteiger partial charge is 0.128 e. The van der Waals surface area contributed by atoms with Crippen LogP contribution in [0.1, 0.15) is 46.4 Å². The first-order valence-electron chi connectivity index (χ1n) is 13.4. The second-order valence-corrected chi connectivity index (χ2v) is 10.5. The molecule has 1 aliphatic rings. The number of nitrogens with one attached hydrogen (secondary N) is 2. The molecule has 1 aromatic heterocycles. The Balaban J connectivity index is 0.000000353. The Kier molecular flexibility index (Phi) is 11.7. The molecule has 204 valence electrons. The van der Waals surface area contributed by atoms with Crippen LogP contribution in [0.15, 0.2) is 103 Å². The van der Waals surface area contributed by atoms with E-state index in [0.717, 1.165) is 41.2 Å². The van der Waals surface area contributed by atoms with E-state index in [-0.39, 0.29) is 0 Å². The average molecular weight is 539 g/mol. The minimum Gasteiger partial charge on any atom is -0.366 e. The van der Waals surface area contributed by atoms with Gasteiger partial charge in [0, 0.05) is 23.7 Å². The molecular weight excluding hydrogens is 496 g/mol. The lowest BCUT2D eigenvalue weighted by Gasteiger charge is -2.15. The summed E-state index contributed by atoms with van der Waals surface area (Å²) in [4.78, 5) is 1.38. The zero-order valence-electron chi connectivity index (χ0n) is 24.1. The standard InChI is InChI=1S/C25H30N4.C9H12S/c1-18-8-6-7-9-24(18)19(2)14-25(29-21(4)20(3)15-28-29)27-17-23-12-10-22(11-13-23)16-26-5;1-3-8-6-4-5-7-9(8)10-2/h6-15,26-27H,2,16-17H2,1,3-5H3;3,5,7H,1,4,6H2,2H3/b25-14-;. The number of aryl methyl sites for hydroxylation is 2. The topological polar surface area (TPSA) is 41.9 Å². The first-order chi connectivity index (χ1) is 18.9. The summed E-state index contributed by atoms with van der Waals surface area (Å²) in [6.07, 6.45) is 14.8. The van der Waals surface area contributed by atoms with Gasteiger partial charge >= 0.3 is 0 Å². The van der Waals surface area contributed by atoms with Crippen LogP contribution in [-0.2, 0) is 13.1 Å². The van der Waals surface area contributed by atoms with Gasteiger partial charge in [0.1, 0.15) is 5.82 Å². The van der Waals surface area contributed by atoms with Gasteiger partial charge in [-0.15, -0.1) is 11.8 Å². The number of hydrogen-bond acceptors (Lipinski definition) is 4. The molecule has 39 heavy (non-hydrogen) atoms. The molecule has 1 heterocycles. The molecule has 2 aromatic carbocycles. The van der Waals surface area contributed by atoms with Crippen molar-refractivity contribution in [3.63, 3.8) is 0 Å². The molecule has 0 atom stereocenters. The molecule has 0 radical (unpaired) electrons. The third kappa shape index (κ3) is 8.47. The van der Waals surface area contributed by atoms with Crippen molar-refractivity contribution in [1.82, 2.24) is 20.4 Å². The van der Waals surface area contributed by atoms with E-state index in [4.69, 9.17) is 0 Å². The lowest BCUT2D eigenvalue weighted by molar-refractivity contribution is 0.755. The number of hydrogen-bond donors (Lipinski definition) is 2. The summed E-state index contributed by atoms with van der Waals surface area (Å²) in [7, 11) is 1.96. The van der Waals surface area contributed by atoms with Gasteiger partial charge in [-0.2, -0.15) is 5.10 Å². The lowest BCUT2D eigenvalue weighted by atomic mass is 10.0. The van der Waals surface area contributed by atoms with Crippen molar-refractivity contribution in [3.8, 4) is 0 Å². The lowest BCUT2D eigenvalue weighted by Crippen LogP contribution is -2.19. The van der Waals surface area contributed by atoms with E-state index in [1.54, 1.807) is 11.8 Å². The van der Waals surface area contributed by atoms with Gasteiger partial charge in [0.25, 0.3) is 0 Å². The number of benzene rings is 2. The molecule has 4 rings (SSSR count). The summed E-state index contributed by atoms with van der Waals surface area (Å²) < 4.78 is 1.95. The molecule has 0 spiro atoms. The molecule has 0 fully saturated rings. The van der Waals surface area contributed by atoms with Crippen molar-refractivity contribution < 1.29 is 0 Å². The molecule has 0 amide bonds. The predicted molar refractivity (Wildman–Crippen MR) is 171 cm³/mol. The molecule has 0 bridgehead atoms. The highest BCUT2D eigenvalue weighted by Crippen LogP contribution is 2.26. The fourth-order valence-corrected chi connectivity index (χ4v) is 5.01. The highest BCUT2D eigenvalue weighted by atomic mass is 32.2. The molecule has 2 N–H and O–H groups in total. The Hall–Kier alpha value is -3.54. The molecule has 1 aliphatic carbocycles. The molecule has 0 saturated heterocycles. The van der Waals surface area contributed by atoms with Crippen molar-refractivity contribution in [1.29, 1.82) is 0 Å². The van der Waals surface area contributed by atoms with Gasteiger partial charge in [-0.1, -0.05) is 79.9 Å². The highest BCUT2D eigenvalue weighted by molar-refractivity contribution is 8.02. The van der Waals surface area contributed by atoms with Crippen LogP contribution in [0.2, 0.25) is 0 Å². The summed E-state index contributed by atoms with van der Waals surface area (Å²) in [5.74, 6) is 0.920. The number of allylic oxidation sites excluding steroid dienone is 6. The quantitative estimate of drug-likeness (QED) is 0.257. The van der Waals surface area contributed by atoms with E-state index in [1.165, 1.54) is 33.6 Å². The normalized spacial score (nSPS) is 13.1. The van der Waals surface area contributed by atoms with Gasteiger partial charge in [0.2, 0.25) is 0 Å². The number of rotatable bonds is 10. The molecule has 0 unspecified atom stereocenters. The summed E-state index contributed by atoms with van der Waals surface area (Å²) in [5.41, 5.74) is 9.49. The van der Waals surface area contributed by atoms with Crippen LogP contribution in [0, 0.1) is 20.8 Å². The Morgan fingerprint density at radius 3 is 2.28 bits per heavy atom. The zero-order chi connectivity index (χ0) is 28.2. The summed E-state index contributed by atoms with van der Waals surface area (Å²) >= 11 is 1.80. The van der Waals surface area contributed by atoms with Gasteiger partial charge in [-0.3, -0.25) is 0 Å². The Morgan fingerprint density at radius 2 is 1.72 bits per heavy atom. The van der Waals surface area contributed by atoms with E-state index in [1.807, 2.05) is 36.1 Å². The van der Waals surface area contributed by atoms with Gasteiger partial charge in [0.15, 0.2) is 0 Å². The largest absolute Gasteiger partial charge is 0.366 e. The Labute approximate surface area is 239 Å². The maximum absolute atomic E-state index is 4.57. The van der Waals surface area contributed by atoms with E-state index in [9.17, 15) is 0 Å². The SMILES string of the molecule is C=C(/C=C(/NCc1ccc(CNC)cc1)n1ncc(C)c1C)c1ccccc1C.C=CC1=C(SC)C=CCC1. The van der Waals surface area contributed by atoms with Gasteiger partial charge in [-0.05, 0) is 92.0 Å². The minimum absolute atomic E-state index is 0.713. The van der Waals surface area contributed by atoms with Crippen LogP contribution in [0.5, 0.6) is 0 Å². The molecule has 5 heteroatoms. The van der Waals surface area contributed by atoms with Crippen LogP contribution in [0.3, 0.4) is 0 Å². The van der Waals surface area contributed by atoms with E-state index in [0.29, 0.717) is 6.54 Å². The molecule has 3 aromatic rings. The van der Waals surface area contributed by atoms with Crippen LogP contribution in [-0.4, -0.2) is 23.1 Å². The number of thioether (sulfide) groups is 1. The van der Waals surface area contributed by atoms with Crippen LogP contribution >= 0.6 is 11.8 Å². The Bertz CT molecular complexity index is 1360. The van der Waals surface area contributed by atoms with Crippen LogP contribution in [0.4, 0.5) is 0 Å². The molecule has 0 saturated carbocycles. The van der Waals surface area contributed by atoms with Gasteiger partial charge in [-0.25, -0.2) is 4.68 Å². The van der Waals surface area contributed by atoms with E-state index >= 15 is 0 Å². The first kappa shape index (κ1) is 30.0. The minimum atomic E-state index is 0.713. The van der Waals surface area contributed by atoms with Crippen molar-refractivity contribution in [3.05, 3.63) is 136 Å². The van der Waals surface area contributed by atoms with E-state index in [2.05, 4.69) is 111 Å². The summed E-state index contributed by atoms with van der Waals surface area (Å²) in [5, 5.41) is 11.3.